The maximum absolute atomic E-state index is 13.0. The molecule has 1 aromatic carbocycles. The van der Waals surface area contributed by atoms with Crippen LogP contribution in [0.3, 0.4) is 0 Å². The number of anilines is 1. The number of nitrogens with zero attached hydrogens (tertiary/aromatic N) is 3. The Bertz CT molecular complexity index is 835. The molecule has 3 rings (SSSR count). The minimum Gasteiger partial charge on any atom is -0.331 e. The van der Waals surface area contributed by atoms with Gasteiger partial charge in [0.25, 0.3) is 0 Å². The van der Waals surface area contributed by atoms with E-state index in [1.54, 1.807) is 4.40 Å². The molecular weight excluding hydrogens is 353 g/mol. The number of halogens is 2. The molecule has 0 bridgehead atoms. The molecule has 0 fully saturated rings. The first kappa shape index (κ1) is 14.5. The van der Waals surface area contributed by atoms with Gasteiger partial charge in [-0.25, -0.2) is 9.18 Å². The van der Waals surface area contributed by atoms with Gasteiger partial charge in [0, 0.05) is 10.7 Å². The Balaban J connectivity index is 1.65. The second-order valence-corrected chi connectivity index (χ2v) is 5.33. The first-order valence-electron chi connectivity index (χ1n) is 6.42. The van der Waals surface area contributed by atoms with Crippen molar-refractivity contribution in [3.63, 3.8) is 0 Å². The average molecular weight is 364 g/mol. The Morgan fingerprint density at radius 1 is 1.27 bits per heavy atom. The molecule has 0 radical (unpaired) electrons. The number of carbonyl (C=O) groups is 1. The van der Waals surface area contributed by atoms with Crippen LogP contribution in [-0.4, -0.2) is 20.6 Å². The number of urea groups is 1. The summed E-state index contributed by atoms with van der Waals surface area (Å²) >= 11 is 3.19. The third-order valence-corrected chi connectivity index (χ3v) is 3.63. The quantitative estimate of drug-likeness (QED) is 0.751. The first-order valence-corrected chi connectivity index (χ1v) is 7.21. The lowest BCUT2D eigenvalue weighted by Gasteiger charge is -2.08. The van der Waals surface area contributed by atoms with E-state index in [4.69, 9.17) is 0 Å². The van der Waals surface area contributed by atoms with Gasteiger partial charge in [-0.15, -0.1) is 10.2 Å². The van der Waals surface area contributed by atoms with Crippen molar-refractivity contribution in [1.29, 1.82) is 0 Å². The van der Waals surface area contributed by atoms with Gasteiger partial charge >= 0.3 is 6.03 Å². The molecule has 0 aliphatic rings. The Labute approximate surface area is 133 Å². The number of nitrogens with one attached hydrogen (secondary N) is 2. The standard InChI is InChI=1S/C14H11BrFN5O/c15-10-7-9(16)4-5-11(10)18-14(22)17-8-13-20-19-12-3-1-2-6-21(12)13/h1-7H,8H2,(H2,17,18,22). The van der Waals surface area contributed by atoms with E-state index in [1.165, 1.54) is 18.2 Å². The van der Waals surface area contributed by atoms with Crippen molar-refractivity contribution in [2.24, 2.45) is 0 Å². The molecule has 8 heteroatoms. The fourth-order valence-corrected chi connectivity index (χ4v) is 2.38. The van der Waals surface area contributed by atoms with Crippen LogP contribution >= 0.6 is 15.9 Å². The number of carbonyl (C=O) groups excluding carboxylic acids is 1. The molecule has 0 unspecified atom stereocenters. The summed E-state index contributed by atoms with van der Waals surface area (Å²) in [6.45, 7) is 0.218. The van der Waals surface area contributed by atoms with Crippen LogP contribution in [0.2, 0.25) is 0 Å². The maximum Gasteiger partial charge on any atom is 0.319 e. The number of benzene rings is 1. The van der Waals surface area contributed by atoms with Crippen LogP contribution in [-0.2, 0) is 6.54 Å². The van der Waals surface area contributed by atoms with Gasteiger partial charge in [-0.1, -0.05) is 6.07 Å². The normalized spacial score (nSPS) is 10.6. The largest absolute Gasteiger partial charge is 0.331 e. The van der Waals surface area contributed by atoms with E-state index in [9.17, 15) is 9.18 Å². The second kappa shape index (κ2) is 6.10. The molecule has 0 atom stereocenters. The zero-order valence-electron chi connectivity index (χ0n) is 11.3. The minimum absolute atomic E-state index is 0.218. The summed E-state index contributed by atoms with van der Waals surface area (Å²) in [5.41, 5.74) is 1.19. The van der Waals surface area contributed by atoms with Gasteiger partial charge in [0.05, 0.1) is 12.2 Å². The van der Waals surface area contributed by atoms with Gasteiger partial charge in [-0.3, -0.25) is 4.40 Å². The van der Waals surface area contributed by atoms with Gasteiger partial charge in [0.1, 0.15) is 5.82 Å². The van der Waals surface area contributed by atoms with E-state index >= 15 is 0 Å². The van der Waals surface area contributed by atoms with E-state index in [0.29, 0.717) is 21.6 Å². The molecule has 3 aromatic rings. The van der Waals surface area contributed by atoms with Crippen molar-refractivity contribution in [3.8, 4) is 0 Å². The summed E-state index contributed by atoms with van der Waals surface area (Å²) < 4.78 is 15.2. The molecular formula is C14H11BrFN5O. The van der Waals surface area contributed by atoms with Crippen molar-refractivity contribution < 1.29 is 9.18 Å². The van der Waals surface area contributed by atoms with Gasteiger partial charge in [0.15, 0.2) is 11.5 Å². The topological polar surface area (TPSA) is 71.3 Å². The molecule has 2 aromatic heterocycles. The predicted molar refractivity (Wildman–Crippen MR) is 82.9 cm³/mol. The van der Waals surface area contributed by atoms with Gasteiger partial charge in [0.2, 0.25) is 0 Å². The van der Waals surface area contributed by atoms with Crippen LogP contribution in [0.4, 0.5) is 14.9 Å². The Morgan fingerprint density at radius 2 is 2.14 bits per heavy atom. The minimum atomic E-state index is -0.417. The number of hydrogen-bond acceptors (Lipinski definition) is 3. The van der Waals surface area contributed by atoms with Crippen LogP contribution in [0.5, 0.6) is 0 Å². The lowest BCUT2D eigenvalue weighted by atomic mass is 10.3. The molecule has 0 saturated heterocycles. The van der Waals surface area contributed by atoms with Crippen molar-refractivity contribution in [2.75, 3.05) is 5.32 Å². The van der Waals surface area contributed by atoms with E-state index < -0.39 is 6.03 Å². The summed E-state index contributed by atoms with van der Waals surface area (Å²) in [7, 11) is 0. The third-order valence-electron chi connectivity index (χ3n) is 2.97. The van der Waals surface area contributed by atoms with Crippen molar-refractivity contribution in [2.45, 2.75) is 6.54 Å². The average Bonchev–Trinajstić information content (AvgIpc) is 2.91. The summed E-state index contributed by atoms with van der Waals surface area (Å²) in [5.74, 6) is 0.233. The molecule has 0 spiro atoms. The highest BCUT2D eigenvalue weighted by Crippen LogP contribution is 2.22. The first-order chi connectivity index (χ1) is 10.6. The van der Waals surface area contributed by atoms with E-state index in [2.05, 4.69) is 36.8 Å². The molecule has 22 heavy (non-hydrogen) atoms. The summed E-state index contributed by atoms with van der Waals surface area (Å²) in [5, 5.41) is 13.3. The smallest absolute Gasteiger partial charge is 0.319 e. The molecule has 0 aliphatic carbocycles. The maximum atomic E-state index is 13.0. The van der Waals surface area contributed by atoms with E-state index in [0.717, 1.165) is 0 Å². The fraction of sp³-hybridized carbons (Fsp3) is 0.0714. The Hall–Kier alpha value is -2.48. The number of amides is 2. The van der Waals surface area contributed by atoms with Crippen LogP contribution in [0.15, 0.2) is 47.1 Å². The molecule has 2 N–H and O–H groups in total. The summed E-state index contributed by atoms with van der Waals surface area (Å²) in [6, 6.07) is 9.15. The van der Waals surface area contributed by atoms with Crippen molar-refractivity contribution in [3.05, 3.63) is 58.7 Å². The van der Waals surface area contributed by atoms with Crippen LogP contribution in [0.1, 0.15) is 5.82 Å². The van der Waals surface area contributed by atoms with Crippen LogP contribution in [0, 0.1) is 5.82 Å². The monoisotopic (exact) mass is 363 g/mol. The molecule has 2 amide bonds. The van der Waals surface area contributed by atoms with Gasteiger partial charge < -0.3 is 10.6 Å². The van der Waals surface area contributed by atoms with Crippen LogP contribution < -0.4 is 10.6 Å². The zero-order valence-corrected chi connectivity index (χ0v) is 12.8. The van der Waals surface area contributed by atoms with Crippen LogP contribution in [0.25, 0.3) is 5.65 Å². The number of pyridine rings is 1. The van der Waals surface area contributed by atoms with Gasteiger partial charge in [-0.2, -0.15) is 0 Å². The fourth-order valence-electron chi connectivity index (χ4n) is 1.93. The lowest BCUT2D eigenvalue weighted by molar-refractivity contribution is 0.251. The van der Waals surface area contributed by atoms with Crippen molar-refractivity contribution >= 4 is 33.3 Å². The summed E-state index contributed by atoms with van der Waals surface area (Å²) in [4.78, 5) is 11.9. The zero-order chi connectivity index (χ0) is 15.5. The summed E-state index contributed by atoms with van der Waals surface area (Å²) in [6.07, 6.45) is 1.82. The Morgan fingerprint density at radius 3 is 2.95 bits per heavy atom. The second-order valence-electron chi connectivity index (χ2n) is 4.48. The highest BCUT2D eigenvalue weighted by atomic mass is 79.9. The molecule has 0 aliphatic heterocycles. The third kappa shape index (κ3) is 3.06. The SMILES string of the molecule is O=C(NCc1nnc2ccccn12)Nc1ccc(F)cc1Br. The van der Waals surface area contributed by atoms with E-state index in [-0.39, 0.29) is 12.4 Å². The number of aromatic nitrogens is 3. The molecule has 0 saturated carbocycles. The number of hydrogen-bond donors (Lipinski definition) is 2. The highest BCUT2D eigenvalue weighted by Gasteiger charge is 2.09. The van der Waals surface area contributed by atoms with Crippen molar-refractivity contribution in [1.82, 2.24) is 19.9 Å². The van der Waals surface area contributed by atoms with Gasteiger partial charge in [-0.05, 0) is 46.3 Å². The highest BCUT2D eigenvalue weighted by molar-refractivity contribution is 9.10. The van der Waals surface area contributed by atoms with E-state index in [1.807, 2.05) is 24.4 Å². The molecule has 112 valence electrons. The Kier molecular flexibility index (Phi) is 4.01. The lowest BCUT2D eigenvalue weighted by Crippen LogP contribution is -2.29. The predicted octanol–water partition coefficient (Wildman–Crippen LogP) is 2.95. The number of rotatable bonds is 3. The number of fused-ring (bicyclic) bond motifs is 1. The molecule has 2 heterocycles. The molecule has 6 nitrogen and oxygen atoms in total.